The number of rotatable bonds is 6. The van der Waals surface area contributed by atoms with Crippen LogP contribution in [0, 0.1) is 10.1 Å². The van der Waals surface area contributed by atoms with Crippen molar-refractivity contribution in [2.45, 2.75) is 19.0 Å². The molecule has 35 heavy (non-hydrogen) atoms. The maximum atomic E-state index is 13.1. The largest absolute Gasteiger partial charge is 0.466 e. The summed E-state index contributed by atoms with van der Waals surface area (Å²) < 4.78 is 10.0. The summed E-state index contributed by atoms with van der Waals surface area (Å²) in [6, 6.07) is 13.8. The van der Waals surface area contributed by atoms with Gasteiger partial charge < -0.3 is 9.47 Å². The molecule has 2 heterocycles. The first kappa shape index (κ1) is 23.8. The van der Waals surface area contributed by atoms with E-state index in [0.717, 1.165) is 12.7 Å². The fourth-order valence-corrected chi connectivity index (χ4v) is 4.20. The molecule has 1 saturated heterocycles. The van der Waals surface area contributed by atoms with Crippen LogP contribution in [0.5, 0.6) is 0 Å². The Bertz CT molecular complexity index is 1240. The Balaban J connectivity index is 1.94. The zero-order valence-electron chi connectivity index (χ0n) is 19.0. The first-order valence-corrected chi connectivity index (χ1v) is 10.7. The Labute approximate surface area is 200 Å². The van der Waals surface area contributed by atoms with Gasteiger partial charge in [-0.1, -0.05) is 42.5 Å². The third kappa shape index (κ3) is 4.41. The van der Waals surface area contributed by atoms with Gasteiger partial charge in [-0.3, -0.25) is 19.9 Å². The summed E-state index contributed by atoms with van der Waals surface area (Å²) in [5.41, 5.74) is 0.899. The van der Waals surface area contributed by atoms with Crippen LogP contribution in [0.4, 0.5) is 5.69 Å². The minimum absolute atomic E-state index is 0.0123. The summed E-state index contributed by atoms with van der Waals surface area (Å²) >= 11 is 0. The molecule has 0 aromatic heterocycles. The number of hydrogen-bond acceptors (Lipinski definition) is 9. The number of hydrazine groups is 1. The smallest absolute Gasteiger partial charge is 0.342 e. The average Bonchev–Trinajstić information content (AvgIpc) is 3.27. The lowest BCUT2D eigenvalue weighted by atomic mass is 9.90. The summed E-state index contributed by atoms with van der Waals surface area (Å²) in [5.74, 6) is -1.99. The van der Waals surface area contributed by atoms with Crippen molar-refractivity contribution in [3.63, 3.8) is 0 Å². The standard InChI is InChI=1S/C24H22N4O7/c1-34-23(30)19-20(24(31)35-2)22(25-14-15-6-4-3-5-7-15)27-18(29)12-13-26(27)21(19)16-8-10-17(11-9-16)28(32)33/h3-11,21H,12-14H2,1-2H3. The molecule has 0 saturated carbocycles. The van der Waals surface area contributed by atoms with Gasteiger partial charge in [-0.2, -0.15) is 5.01 Å². The van der Waals surface area contributed by atoms with Crippen LogP contribution in [0.25, 0.3) is 0 Å². The van der Waals surface area contributed by atoms with E-state index in [1.54, 1.807) is 5.01 Å². The van der Waals surface area contributed by atoms with Gasteiger partial charge in [0.1, 0.15) is 5.57 Å². The lowest BCUT2D eigenvalue weighted by Gasteiger charge is -2.41. The van der Waals surface area contributed by atoms with Gasteiger partial charge in [-0.05, 0) is 11.1 Å². The highest BCUT2D eigenvalue weighted by Gasteiger charge is 2.50. The number of esters is 2. The number of nitrogens with zero attached hydrogens (tertiary/aromatic N) is 4. The number of fused-ring (bicyclic) bond motifs is 1. The van der Waals surface area contributed by atoms with E-state index in [-0.39, 0.29) is 48.1 Å². The van der Waals surface area contributed by atoms with Crippen molar-refractivity contribution in [1.29, 1.82) is 0 Å². The fraction of sp³-hybridized carbons (Fsp3) is 0.250. The van der Waals surface area contributed by atoms with Crippen molar-refractivity contribution < 1.29 is 28.8 Å². The molecule has 0 aliphatic carbocycles. The lowest BCUT2D eigenvalue weighted by molar-refractivity contribution is -0.384. The maximum Gasteiger partial charge on any atom is 0.342 e. The van der Waals surface area contributed by atoms with E-state index in [1.807, 2.05) is 30.3 Å². The quantitative estimate of drug-likeness (QED) is 0.351. The zero-order chi connectivity index (χ0) is 25.1. The van der Waals surface area contributed by atoms with E-state index in [2.05, 4.69) is 4.99 Å². The lowest BCUT2D eigenvalue weighted by Crippen LogP contribution is -2.53. The average molecular weight is 478 g/mol. The van der Waals surface area contributed by atoms with E-state index in [1.165, 1.54) is 36.4 Å². The van der Waals surface area contributed by atoms with Crippen LogP contribution < -0.4 is 0 Å². The Morgan fingerprint density at radius 3 is 2.31 bits per heavy atom. The number of nitro benzene ring substituents is 1. The van der Waals surface area contributed by atoms with Crippen molar-refractivity contribution >= 4 is 29.4 Å². The molecule has 1 unspecified atom stereocenters. The molecule has 180 valence electrons. The number of benzene rings is 2. The Morgan fingerprint density at radius 1 is 1.06 bits per heavy atom. The molecule has 11 heteroatoms. The van der Waals surface area contributed by atoms with Gasteiger partial charge in [0.2, 0.25) is 5.91 Å². The molecule has 2 aromatic rings. The third-order valence-corrected chi connectivity index (χ3v) is 5.78. The molecule has 1 amide bonds. The van der Waals surface area contributed by atoms with E-state index in [9.17, 15) is 24.5 Å². The summed E-state index contributed by atoms with van der Waals surface area (Å²) in [5, 5.41) is 14.0. The minimum Gasteiger partial charge on any atom is -0.466 e. The summed E-state index contributed by atoms with van der Waals surface area (Å²) in [4.78, 5) is 54.2. The van der Waals surface area contributed by atoms with E-state index < -0.39 is 22.9 Å². The van der Waals surface area contributed by atoms with Crippen molar-refractivity contribution in [3.05, 3.63) is 87.0 Å². The topological polar surface area (TPSA) is 132 Å². The second-order valence-corrected chi connectivity index (χ2v) is 7.77. The molecule has 0 bridgehead atoms. The molecule has 4 rings (SSSR count). The summed E-state index contributed by atoms with van der Waals surface area (Å²) in [7, 11) is 2.34. The number of amidine groups is 1. The molecule has 0 N–H and O–H groups in total. The number of nitro groups is 1. The first-order valence-electron chi connectivity index (χ1n) is 10.7. The van der Waals surface area contributed by atoms with Gasteiger partial charge in [-0.15, -0.1) is 0 Å². The second-order valence-electron chi connectivity index (χ2n) is 7.77. The number of hydrogen-bond donors (Lipinski definition) is 0. The predicted octanol–water partition coefficient (Wildman–Crippen LogP) is 2.34. The highest BCUT2D eigenvalue weighted by molar-refractivity contribution is 6.26. The van der Waals surface area contributed by atoms with Gasteiger partial charge >= 0.3 is 11.9 Å². The highest BCUT2D eigenvalue weighted by Crippen LogP contribution is 2.41. The number of methoxy groups -OCH3 is 2. The Kier molecular flexibility index (Phi) is 6.69. The van der Waals surface area contributed by atoms with Crippen LogP contribution in [0.3, 0.4) is 0 Å². The third-order valence-electron chi connectivity index (χ3n) is 5.78. The normalized spacial score (nSPS) is 19.0. The SMILES string of the molecule is COC(=O)C1=C(C(=O)OC)C(c2ccc([N+](=O)[O-])cc2)N2CCC(=O)N2C1=NCc1ccccc1. The highest BCUT2D eigenvalue weighted by atomic mass is 16.6. The number of aliphatic imine (C=N–C) groups is 1. The van der Waals surface area contributed by atoms with Crippen LogP contribution in [-0.2, 0) is 30.4 Å². The number of carbonyl (C=O) groups excluding carboxylic acids is 3. The van der Waals surface area contributed by atoms with Gasteiger partial charge in [0.05, 0.1) is 37.3 Å². The van der Waals surface area contributed by atoms with Crippen LogP contribution in [0.1, 0.15) is 23.6 Å². The van der Waals surface area contributed by atoms with Crippen LogP contribution in [0.2, 0.25) is 0 Å². The molecule has 2 aliphatic rings. The maximum absolute atomic E-state index is 13.1. The van der Waals surface area contributed by atoms with E-state index >= 15 is 0 Å². The summed E-state index contributed by atoms with van der Waals surface area (Å²) in [6.45, 7) is 0.380. The number of amides is 1. The molecule has 11 nitrogen and oxygen atoms in total. The Hall–Kier alpha value is -4.38. The molecule has 2 aromatic carbocycles. The second kappa shape index (κ2) is 9.85. The first-order chi connectivity index (χ1) is 16.9. The molecule has 1 atom stereocenters. The van der Waals surface area contributed by atoms with Gasteiger partial charge in [0.25, 0.3) is 5.69 Å². The van der Waals surface area contributed by atoms with Crippen LogP contribution in [-0.4, -0.2) is 59.4 Å². The van der Waals surface area contributed by atoms with Crippen molar-refractivity contribution in [2.24, 2.45) is 4.99 Å². The van der Waals surface area contributed by atoms with Crippen molar-refractivity contribution in [2.75, 3.05) is 20.8 Å². The van der Waals surface area contributed by atoms with E-state index in [0.29, 0.717) is 5.56 Å². The number of ether oxygens (including phenoxy) is 2. The molecule has 2 aliphatic heterocycles. The minimum atomic E-state index is -0.931. The zero-order valence-corrected chi connectivity index (χ0v) is 19.0. The predicted molar refractivity (Wildman–Crippen MR) is 123 cm³/mol. The summed E-state index contributed by atoms with van der Waals surface area (Å²) in [6.07, 6.45) is 0.122. The number of carbonyl (C=O) groups is 3. The molecule has 0 radical (unpaired) electrons. The van der Waals surface area contributed by atoms with Crippen molar-refractivity contribution in [1.82, 2.24) is 10.0 Å². The van der Waals surface area contributed by atoms with E-state index in [4.69, 9.17) is 9.47 Å². The van der Waals surface area contributed by atoms with Crippen LogP contribution >= 0.6 is 0 Å². The molecular formula is C24H22N4O7. The molecular weight excluding hydrogens is 456 g/mol. The monoisotopic (exact) mass is 478 g/mol. The number of non-ortho nitro benzene ring substituents is 1. The molecule has 0 spiro atoms. The molecule has 1 fully saturated rings. The van der Waals surface area contributed by atoms with Crippen molar-refractivity contribution in [3.8, 4) is 0 Å². The fourth-order valence-electron chi connectivity index (χ4n) is 4.20. The van der Waals surface area contributed by atoms with Gasteiger partial charge in [-0.25, -0.2) is 14.6 Å². The van der Waals surface area contributed by atoms with Crippen LogP contribution in [0.15, 0.2) is 70.7 Å². The Morgan fingerprint density at radius 2 is 1.71 bits per heavy atom. The van der Waals surface area contributed by atoms with Gasteiger partial charge in [0.15, 0.2) is 5.84 Å². The van der Waals surface area contributed by atoms with Gasteiger partial charge in [0, 0.05) is 25.1 Å².